The minimum absolute atomic E-state index is 0.234. The molecule has 0 atom stereocenters. The third kappa shape index (κ3) is 7.74. The summed E-state index contributed by atoms with van der Waals surface area (Å²) in [5.74, 6) is 0. The Kier molecular flexibility index (Phi) is 10.9. The van der Waals surface area contributed by atoms with Crippen molar-refractivity contribution in [3.8, 4) is 0 Å². The van der Waals surface area contributed by atoms with Gasteiger partial charge in [-0.15, -0.1) is 0 Å². The second-order valence-corrected chi connectivity index (χ2v) is 5.10. The second-order valence-electron chi connectivity index (χ2n) is 5.10. The van der Waals surface area contributed by atoms with Crippen LogP contribution in [0.4, 0.5) is 0 Å². The summed E-state index contributed by atoms with van der Waals surface area (Å²) >= 11 is 0. The van der Waals surface area contributed by atoms with E-state index < -0.39 is 0 Å². The zero-order valence-corrected chi connectivity index (χ0v) is 11.8. The lowest BCUT2D eigenvalue weighted by molar-refractivity contribution is -0.929. The molecule has 0 aliphatic heterocycles. The van der Waals surface area contributed by atoms with Crippen LogP contribution in [0.25, 0.3) is 0 Å². The Morgan fingerprint density at radius 1 is 0.647 bits per heavy atom. The highest BCUT2D eigenvalue weighted by molar-refractivity contribution is 4.48. The van der Waals surface area contributed by atoms with E-state index in [0.29, 0.717) is 0 Å². The topological polar surface area (TPSA) is 40.5 Å². The van der Waals surface area contributed by atoms with Gasteiger partial charge in [0, 0.05) is 0 Å². The van der Waals surface area contributed by atoms with Gasteiger partial charge in [0.05, 0.1) is 26.3 Å². The van der Waals surface area contributed by atoms with Crippen LogP contribution in [0, 0.1) is 0 Å². The zero-order chi connectivity index (χ0) is 13.0. The molecule has 0 rings (SSSR count). The summed E-state index contributed by atoms with van der Waals surface area (Å²) in [7, 11) is 0. The molecule has 0 aromatic rings. The number of hydrogen-bond acceptors (Lipinski definition) is 2. The number of rotatable bonds is 12. The van der Waals surface area contributed by atoms with Crippen LogP contribution in [-0.2, 0) is 0 Å². The van der Waals surface area contributed by atoms with Gasteiger partial charge in [-0.1, -0.05) is 33.1 Å². The van der Waals surface area contributed by atoms with Gasteiger partial charge in [-0.2, -0.15) is 0 Å². The molecule has 17 heavy (non-hydrogen) atoms. The molecule has 104 valence electrons. The highest BCUT2D eigenvalue weighted by atomic mass is 16.3. The molecule has 0 saturated heterocycles. The van der Waals surface area contributed by atoms with Crippen molar-refractivity contribution in [2.75, 3.05) is 39.4 Å². The van der Waals surface area contributed by atoms with E-state index in [0.717, 1.165) is 30.7 Å². The first-order chi connectivity index (χ1) is 8.24. The van der Waals surface area contributed by atoms with E-state index in [2.05, 4.69) is 13.8 Å². The smallest absolute Gasteiger partial charge is 0.102 e. The van der Waals surface area contributed by atoms with Crippen molar-refractivity contribution in [2.24, 2.45) is 0 Å². The average molecular weight is 246 g/mol. The van der Waals surface area contributed by atoms with E-state index >= 15 is 0 Å². The standard InChI is InChI=1S/C14H32NO2/c1-3-5-7-8-10-15(11-13-16,12-14-17)9-6-4-2/h16-17H,3-14H2,1-2H3/q+1. The first kappa shape index (κ1) is 16.9. The molecule has 2 N–H and O–H groups in total. The van der Waals surface area contributed by atoms with E-state index in [1.54, 1.807) is 0 Å². The van der Waals surface area contributed by atoms with E-state index in [4.69, 9.17) is 0 Å². The lowest BCUT2D eigenvalue weighted by atomic mass is 10.1. The number of quaternary nitrogens is 1. The van der Waals surface area contributed by atoms with Crippen LogP contribution in [0.2, 0.25) is 0 Å². The van der Waals surface area contributed by atoms with Crippen LogP contribution in [0.1, 0.15) is 52.4 Å². The number of aliphatic hydroxyl groups excluding tert-OH is 2. The maximum atomic E-state index is 9.23. The molecular weight excluding hydrogens is 214 g/mol. The summed E-state index contributed by atoms with van der Waals surface area (Å²) in [5.41, 5.74) is 0. The molecule has 3 heteroatoms. The van der Waals surface area contributed by atoms with E-state index in [9.17, 15) is 10.2 Å². The monoisotopic (exact) mass is 246 g/mol. The summed E-state index contributed by atoms with van der Waals surface area (Å²) in [6, 6.07) is 0. The molecule has 0 saturated carbocycles. The van der Waals surface area contributed by atoms with E-state index in [1.165, 1.54) is 38.5 Å². The Hall–Kier alpha value is -0.120. The van der Waals surface area contributed by atoms with E-state index in [-0.39, 0.29) is 13.2 Å². The minimum Gasteiger partial charge on any atom is -0.391 e. The third-order valence-corrected chi connectivity index (χ3v) is 3.62. The summed E-state index contributed by atoms with van der Waals surface area (Å²) in [6.07, 6.45) is 7.43. The van der Waals surface area contributed by atoms with Crippen molar-refractivity contribution >= 4 is 0 Å². The Morgan fingerprint density at radius 2 is 1.18 bits per heavy atom. The highest BCUT2D eigenvalue weighted by Gasteiger charge is 2.24. The lowest BCUT2D eigenvalue weighted by Gasteiger charge is -2.38. The quantitative estimate of drug-likeness (QED) is 0.409. The van der Waals surface area contributed by atoms with Crippen LogP contribution in [0.15, 0.2) is 0 Å². The largest absolute Gasteiger partial charge is 0.391 e. The first-order valence-corrected chi connectivity index (χ1v) is 7.31. The summed E-state index contributed by atoms with van der Waals surface area (Å²) in [4.78, 5) is 0. The molecule has 0 spiro atoms. The van der Waals surface area contributed by atoms with Crippen molar-refractivity contribution in [2.45, 2.75) is 52.4 Å². The molecule has 0 heterocycles. The Balaban J connectivity index is 4.20. The highest BCUT2D eigenvalue weighted by Crippen LogP contribution is 2.13. The fourth-order valence-corrected chi connectivity index (χ4v) is 2.46. The number of aliphatic hydroxyl groups is 2. The van der Waals surface area contributed by atoms with Crippen molar-refractivity contribution in [3.05, 3.63) is 0 Å². The molecule has 0 radical (unpaired) electrons. The maximum Gasteiger partial charge on any atom is 0.102 e. The predicted molar refractivity (Wildman–Crippen MR) is 73.0 cm³/mol. The van der Waals surface area contributed by atoms with Gasteiger partial charge in [0.25, 0.3) is 0 Å². The number of nitrogens with zero attached hydrogens (tertiary/aromatic N) is 1. The lowest BCUT2D eigenvalue weighted by Crippen LogP contribution is -2.52. The third-order valence-electron chi connectivity index (χ3n) is 3.62. The Labute approximate surface area is 107 Å². The van der Waals surface area contributed by atoms with Gasteiger partial charge in [0.2, 0.25) is 0 Å². The molecule has 0 fully saturated rings. The van der Waals surface area contributed by atoms with Crippen LogP contribution < -0.4 is 0 Å². The van der Waals surface area contributed by atoms with E-state index in [1.807, 2.05) is 0 Å². The van der Waals surface area contributed by atoms with Crippen molar-refractivity contribution in [3.63, 3.8) is 0 Å². The first-order valence-electron chi connectivity index (χ1n) is 7.31. The van der Waals surface area contributed by atoms with Crippen LogP contribution in [0.5, 0.6) is 0 Å². The van der Waals surface area contributed by atoms with Gasteiger partial charge < -0.3 is 14.7 Å². The minimum atomic E-state index is 0.234. The number of hydrogen-bond donors (Lipinski definition) is 2. The second kappa shape index (κ2) is 11.0. The molecule has 0 aliphatic rings. The van der Waals surface area contributed by atoms with Gasteiger partial charge in [0.1, 0.15) is 13.1 Å². The molecule has 3 nitrogen and oxygen atoms in total. The van der Waals surface area contributed by atoms with Crippen LogP contribution >= 0.6 is 0 Å². The summed E-state index contributed by atoms with van der Waals surface area (Å²) in [6.45, 7) is 8.70. The molecule has 0 aliphatic carbocycles. The van der Waals surface area contributed by atoms with Gasteiger partial charge in [-0.05, 0) is 19.3 Å². The van der Waals surface area contributed by atoms with Crippen LogP contribution in [-0.4, -0.2) is 54.1 Å². The summed E-state index contributed by atoms with van der Waals surface area (Å²) < 4.78 is 0.907. The molecule has 0 aromatic heterocycles. The van der Waals surface area contributed by atoms with Crippen molar-refractivity contribution < 1.29 is 14.7 Å². The molecular formula is C14H32NO2+. The van der Waals surface area contributed by atoms with Crippen molar-refractivity contribution in [1.29, 1.82) is 0 Å². The fraction of sp³-hybridized carbons (Fsp3) is 1.00. The van der Waals surface area contributed by atoms with Gasteiger partial charge in [-0.3, -0.25) is 0 Å². The molecule has 0 aromatic carbocycles. The predicted octanol–water partition coefficient (Wildman–Crippen LogP) is 2.17. The zero-order valence-electron chi connectivity index (χ0n) is 11.8. The van der Waals surface area contributed by atoms with Gasteiger partial charge in [0.15, 0.2) is 0 Å². The normalized spacial score (nSPS) is 12.0. The molecule has 0 amide bonds. The van der Waals surface area contributed by atoms with Crippen molar-refractivity contribution in [1.82, 2.24) is 0 Å². The Morgan fingerprint density at radius 3 is 1.65 bits per heavy atom. The molecule has 0 unspecified atom stereocenters. The van der Waals surface area contributed by atoms with Crippen LogP contribution in [0.3, 0.4) is 0 Å². The van der Waals surface area contributed by atoms with Gasteiger partial charge >= 0.3 is 0 Å². The fourth-order valence-electron chi connectivity index (χ4n) is 2.46. The number of unbranched alkanes of at least 4 members (excludes halogenated alkanes) is 4. The Bertz CT molecular complexity index is 156. The summed E-state index contributed by atoms with van der Waals surface area (Å²) in [5, 5.41) is 18.5. The van der Waals surface area contributed by atoms with Gasteiger partial charge in [-0.25, -0.2) is 0 Å². The SMILES string of the molecule is CCCCCC[N+](CCO)(CCO)CCCC. The maximum absolute atomic E-state index is 9.23. The molecule has 0 bridgehead atoms. The average Bonchev–Trinajstić information content (AvgIpc) is 2.33.